The van der Waals surface area contributed by atoms with Crippen molar-refractivity contribution < 1.29 is 33.3 Å². The third-order valence-electron chi connectivity index (χ3n) is 5.75. The fourth-order valence-electron chi connectivity index (χ4n) is 3.65. The number of rotatable bonds is 14. The number of nitrogens with one attached hydrogen (secondary N) is 1. The van der Waals surface area contributed by atoms with Crippen molar-refractivity contribution in [3.8, 4) is 28.7 Å². The number of esters is 1. The first-order chi connectivity index (χ1) is 21.3. The lowest BCUT2D eigenvalue weighted by atomic mass is 10.2. The van der Waals surface area contributed by atoms with Gasteiger partial charge in [-0.2, -0.15) is 5.10 Å². The van der Waals surface area contributed by atoms with E-state index in [0.29, 0.717) is 57.4 Å². The van der Waals surface area contributed by atoms with Gasteiger partial charge in [-0.3, -0.25) is 4.79 Å². The van der Waals surface area contributed by atoms with Gasteiger partial charge in [0, 0.05) is 10.0 Å². The molecular formula is C33H30Cl2N2O7. The quantitative estimate of drug-likeness (QED) is 0.0508. The van der Waals surface area contributed by atoms with Gasteiger partial charge >= 0.3 is 18.2 Å². The topological polar surface area (TPSA) is 105 Å². The predicted octanol–water partition coefficient (Wildman–Crippen LogP) is 7.33. The van der Waals surface area contributed by atoms with Gasteiger partial charge in [-0.25, -0.2) is 10.2 Å². The van der Waals surface area contributed by atoms with Crippen molar-refractivity contribution in [1.29, 1.82) is 0 Å². The van der Waals surface area contributed by atoms with Gasteiger partial charge in [0.05, 0.1) is 25.0 Å². The Bertz CT molecular complexity index is 1510. The first-order valence-electron chi connectivity index (χ1n) is 13.7. The van der Waals surface area contributed by atoms with E-state index in [1.165, 1.54) is 6.21 Å². The Balaban J connectivity index is 1.43. The van der Waals surface area contributed by atoms with Gasteiger partial charge < -0.3 is 23.7 Å². The van der Waals surface area contributed by atoms with Crippen LogP contribution in [0.2, 0.25) is 10.0 Å². The maximum atomic E-state index is 13.0. The molecule has 4 aromatic rings. The predicted molar refractivity (Wildman–Crippen MR) is 168 cm³/mol. The molecular weight excluding hydrogens is 607 g/mol. The number of carbonyl (C=O) groups is 2. The van der Waals surface area contributed by atoms with E-state index in [1.807, 2.05) is 13.8 Å². The fraction of sp³-hybridized carbons (Fsp3) is 0.182. The van der Waals surface area contributed by atoms with Gasteiger partial charge in [0.25, 0.3) is 0 Å². The molecule has 0 spiro atoms. The Hall–Kier alpha value is -4.73. The normalized spacial score (nSPS) is 10.8. The molecule has 0 heterocycles. The van der Waals surface area contributed by atoms with Gasteiger partial charge in [0.2, 0.25) is 0 Å². The molecule has 9 nitrogen and oxygen atoms in total. The number of benzene rings is 4. The average molecular weight is 638 g/mol. The Morgan fingerprint density at radius 1 is 0.773 bits per heavy atom. The largest absolute Gasteiger partial charge is 0.494 e. The number of ether oxygens (including phenoxy) is 5. The molecule has 0 bridgehead atoms. The van der Waals surface area contributed by atoms with Gasteiger partial charge in [0.1, 0.15) is 17.2 Å². The van der Waals surface area contributed by atoms with E-state index < -0.39 is 18.2 Å². The fourth-order valence-corrected chi connectivity index (χ4v) is 3.90. The first-order valence-corrected chi connectivity index (χ1v) is 14.5. The van der Waals surface area contributed by atoms with E-state index in [-0.39, 0.29) is 5.75 Å². The maximum absolute atomic E-state index is 13.0. The van der Waals surface area contributed by atoms with Crippen molar-refractivity contribution in [2.24, 2.45) is 5.10 Å². The van der Waals surface area contributed by atoms with Gasteiger partial charge in [0.15, 0.2) is 11.5 Å². The van der Waals surface area contributed by atoms with Gasteiger partial charge in [-0.05, 0) is 110 Å². The summed E-state index contributed by atoms with van der Waals surface area (Å²) < 4.78 is 28.4. The summed E-state index contributed by atoms with van der Waals surface area (Å²) in [5.41, 5.74) is 3.35. The maximum Gasteiger partial charge on any atom is 0.343 e. The molecule has 0 unspecified atom stereocenters. The molecule has 0 aromatic heterocycles. The molecule has 0 aliphatic carbocycles. The average Bonchev–Trinajstić information content (AvgIpc) is 3.03. The second kappa shape index (κ2) is 16.2. The summed E-state index contributed by atoms with van der Waals surface area (Å²) in [7, 11) is 0. The Morgan fingerprint density at radius 2 is 1.36 bits per heavy atom. The van der Waals surface area contributed by atoms with E-state index in [0.717, 1.165) is 6.42 Å². The molecule has 44 heavy (non-hydrogen) atoms. The molecule has 1 amide bonds. The molecule has 0 radical (unpaired) electrons. The zero-order valence-electron chi connectivity index (χ0n) is 24.0. The van der Waals surface area contributed by atoms with Crippen LogP contribution in [0, 0.1) is 0 Å². The number of carbonyl (C=O) groups excluding carboxylic acids is 2. The van der Waals surface area contributed by atoms with E-state index in [9.17, 15) is 9.59 Å². The van der Waals surface area contributed by atoms with Gasteiger partial charge in [-0.1, -0.05) is 30.1 Å². The Morgan fingerprint density at radius 3 is 1.93 bits per heavy atom. The molecule has 0 saturated heterocycles. The number of nitrogens with zero attached hydrogens (tertiary/aromatic N) is 1. The second-order valence-electron chi connectivity index (χ2n) is 9.11. The van der Waals surface area contributed by atoms with Gasteiger partial charge in [-0.15, -0.1) is 0 Å². The molecule has 4 aromatic carbocycles. The summed E-state index contributed by atoms with van der Waals surface area (Å²) in [5, 5.41) is 5.07. The highest BCUT2D eigenvalue weighted by Gasteiger charge is 2.23. The lowest BCUT2D eigenvalue weighted by Crippen LogP contribution is -2.40. The minimum Gasteiger partial charge on any atom is -0.494 e. The van der Waals surface area contributed by atoms with Crippen LogP contribution in [0.25, 0.3) is 0 Å². The molecule has 0 fully saturated rings. The third kappa shape index (κ3) is 9.65. The molecule has 0 saturated carbocycles. The molecule has 1 N–H and O–H groups in total. The number of halogens is 2. The third-order valence-corrected chi connectivity index (χ3v) is 6.25. The minimum absolute atomic E-state index is 0.233. The number of hydrazone groups is 1. The SMILES string of the molecule is CCCOc1ccc(C(=O)Oc2ccc(/C=N\NC(=O)C(Oc3ccc(Cl)cc3)Oc3ccc(Cl)cc3)cc2OCC)cc1. The lowest BCUT2D eigenvalue weighted by Gasteiger charge is -2.19. The van der Waals surface area contributed by atoms with Crippen LogP contribution >= 0.6 is 23.2 Å². The summed E-state index contributed by atoms with van der Waals surface area (Å²) in [4.78, 5) is 25.8. The van der Waals surface area contributed by atoms with Crippen LogP contribution in [0.5, 0.6) is 28.7 Å². The molecule has 0 aliphatic rings. The summed E-state index contributed by atoms with van der Waals surface area (Å²) in [5.74, 6) is 0.737. The molecule has 0 atom stereocenters. The highest BCUT2D eigenvalue weighted by molar-refractivity contribution is 6.30. The first kappa shape index (κ1) is 32.2. The van der Waals surface area contributed by atoms with Crippen molar-refractivity contribution in [3.63, 3.8) is 0 Å². The van der Waals surface area contributed by atoms with Crippen molar-refractivity contribution in [2.45, 2.75) is 26.6 Å². The van der Waals surface area contributed by atoms with Crippen LogP contribution in [0.15, 0.2) is 96.1 Å². The van der Waals surface area contributed by atoms with E-state index >= 15 is 0 Å². The molecule has 4 rings (SSSR count). The summed E-state index contributed by atoms with van der Waals surface area (Å²) in [6, 6.07) is 24.5. The van der Waals surface area contributed by atoms with Crippen LogP contribution in [-0.2, 0) is 4.79 Å². The Labute approximate surface area is 265 Å². The van der Waals surface area contributed by atoms with Crippen molar-refractivity contribution in [2.75, 3.05) is 13.2 Å². The number of amides is 1. The summed E-state index contributed by atoms with van der Waals surface area (Å²) in [6.45, 7) is 4.75. The van der Waals surface area contributed by atoms with E-state index in [1.54, 1.807) is 91.0 Å². The Kier molecular flexibility index (Phi) is 11.9. The number of hydrogen-bond donors (Lipinski definition) is 1. The van der Waals surface area contributed by atoms with E-state index in [4.69, 9.17) is 46.9 Å². The van der Waals surface area contributed by atoms with E-state index in [2.05, 4.69) is 10.5 Å². The summed E-state index contributed by atoms with van der Waals surface area (Å²) >= 11 is 11.9. The highest BCUT2D eigenvalue weighted by atomic mass is 35.5. The minimum atomic E-state index is -1.39. The monoisotopic (exact) mass is 636 g/mol. The standard InChI is InChI=1S/C33H30Cl2N2O7/c1-3-19-41-26-12-6-23(7-13-26)32(39)44-29-18-5-22(20-30(29)40-4-2)21-36-37-31(38)33(42-27-14-8-24(34)9-15-27)43-28-16-10-25(35)11-17-28/h5-18,20-21,33H,3-4,19H2,1-2H3,(H,37,38)/b36-21-. The van der Waals surface area contributed by atoms with Crippen LogP contribution in [-0.4, -0.2) is 37.6 Å². The highest BCUT2D eigenvalue weighted by Crippen LogP contribution is 2.29. The van der Waals surface area contributed by atoms with Crippen LogP contribution in [0.3, 0.4) is 0 Å². The molecule has 0 aliphatic heterocycles. The lowest BCUT2D eigenvalue weighted by molar-refractivity contribution is -0.140. The molecule has 11 heteroatoms. The zero-order valence-corrected chi connectivity index (χ0v) is 25.5. The van der Waals surface area contributed by atoms with Crippen molar-refractivity contribution >= 4 is 41.3 Å². The number of hydrogen-bond acceptors (Lipinski definition) is 8. The molecule has 228 valence electrons. The van der Waals surface area contributed by atoms with Crippen LogP contribution in [0.4, 0.5) is 0 Å². The smallest absolute Gasteiger partial charge is 0.343 e. The summed E-state index contributed by atoms with van der Waals surface area (Å²) in [6.07, 6.45) is 0.903. The van der Waals surface area contributed by atoms with Crippen molar-refractivity contribution in [3.05, 3.63) is 112 Å². The van der Waals surface area contributed by atoms with Crippen molar-refractivity contribution in [1.82, 2.24) is 5.43 Å². The second-order valence-corrected chi connectivity index (χ2v) is 9.98. The van der Waals surface area contributed by atoms with Crippen LogP contribution < -0.4 is 29.1 Å². The van der Waals surface area contributed by atoms with Crippen LogP contribution in [0.1, 0.15) is 36.2 Å². The zero-order chi connectivity index (χ0) is 31.3.